The molecule has 0 spiro atoms. The van der Waals surface area contributed by atoms with Crippen molar-refractivity contribution in [3.63, 3.8) is 0 Å². The fourth-order valence-electron chi connectivity index (χ4n) is 3.78. The number of phenolic OH excluding ortho intramolecular Hbond substituents is 1. The van der Waals surface area contributed by atoms with Gasteiger partial charge in [0, 0.05) is 6.04 Å². The SMILES string of the molecule is Cl.Oc1ccc([C@H]2CC[C@@H](NCCCCc3ccccc3)CC2)cc1. The summed E-state index contributed by atoms with van der Waals surface area (Å²) in [5.74, 6) is 1.03. The molecule has 3 rings (SSSR count). The van der Waals surface area contributed by atoms with Crippen molar-refractivity contribution in [2.45, 2.75) is 56.9 Å². The molecule has 25 heavy (non-hydrogen) atoms. The highest BCUT2D eigenvalue weighted by atomic mass is 35.5. The first kappa shape index (κ1) is 19.8. The lowest BCUT2D eigenvalue weighted by Gasteiger charge is -2.29. The van der Waals surface area contributed by atoms with Gasteiger partial charge >= 0.3 is 0 Å². The lowest BCUT2D eigenvalue weighted by atomic mass is 9.82. The third kappa shape index (κ3) is 6.37. The van der Waals surface area contributed by atoms with E-state index in [1.54, 1.807) is 0 Å². The first-order valence-corrected chi connectivity index (χ1v) is 9.37. The fourth-order valence-corrected chi connectivity index (χ4v) is 3.78. The Kier molecular flexibility index (Phi) is 8.30. The van der Waals surface area contributed by atoms with Crippen LogP contribution in [0, 0.1) is 0 Å². The van der Waals surface area contributed by atoms with Crippen LogP contribution in [0.15, 0.2) is 54.6 Å². The van der Waals surface area contributed by atoms with Crippen LogP contribution < -0.4 is 5.32 Å². The van der Waals surface area contributed by atoms with Gasteiger partial charge < -0.3 is 10.4 Å². The molecule has 1 aliphatic carbocycles. The van der Waals surface area contributed by atoms with Crippen molar-refractivity contribution in [3.05, 3.63) is 65.7 Å². The van der Waals surface area contributed by atoms with E-state index in [1.807, 2.05) is 12.1 Å². The second kappa shape index (κ2) is 10.5. The zero-order valence-electron chi connectivity index (χ0n) is 14.9. The van der Waals surface area contributed by atoms with E-state index in [0.717, 1.165) is 6.54 Å². The molecule has 0 saturated heterocycles. The maximum absolute atomic E-state index is 9.40. The quantitative estimate of drug-likeness (QED) is 0.644. The number of benzene rings is 2. The summed E-state index contributed by atoms with van der Waals surface area (Å²) in [6, 6.07) is 19.2. The van der Waals surface area contributed by atoms with Crippen LogP contribution in [-0.4, -0.2) is 17.7 Å². The Hall–Kier alpha value is -1.51. The van der Waals surface area contributed by atoms with Crippen LogP contribution in [-0.2, 0) is 6.42 Å². The standard InChI is InChI=1S/C22H29NO.ClH/c24-22-15-11-20(12-16-22)19-9-13-21(14-10-19)23-17-5-4-8-18-6-2-1-3-7-18;/h1-3,6-7,11-12,15-16,19,21,23-24H,4-5,8-10,13-14,17H2;1H/t19-,21+;. The number of hydrogen-bond donors (Lipinski definition) is 2. The van der Waals surface area contributed by atoms with Crippen molar-refractivity contribution in [2.24, 2.45) is 0 Å². The summed E-state index contributed by atoms with van der Waals surface area (Å²) >= 11 is 0. The predicted molar refractivity (Wildman–Crippen MR) is 108 cm³/mol. The van der Waals surface area contributed by atoms with Crippen molar-refractivity contribution in [3.8, 4) is 5.75 Å². The summed E-state index contributed by atoms with van der Waals surface area (Å²) in [6.07, 6.45) is 8.76. The molecular formula is C22H30ClNO. The molecule has 1 saturated carbocycles. The monoisotopic (exact) mass is 359 g/mol. The van der Waals surface area contributed by atoms with Gasteiger partial charge in [-0.3, -0.25) is 0 Å². The molecule has 1 aliphatic rings. The Labute approximate surface area is 158 Å². The normalized spacial score (nSPS) is 20.0. The highest BCUT2D eigenvalue weighted by Gasteiger charge is 2.21. The van der Waals surface area contributed by atoms with E-state index in [-0.39, 0.29) is 12.4 Å². The molecule has 0 aliphatic heterocycles. The number of unbranched alkanes of at least 4 members (excludes halogenated alkanes) is 1. The van der Waals surface area contributed by atoms with Gasteiger partial charge in [0.2, 0.25) is 0 Å². The largest absolute Gasteiger partial charge is 0.508 e. The number of phenols is 1. The molecule has 136 valence electrons. The van der Waals surface area contributed by atoms with E-state index in [1.165, 1.54) is 56.1 Å². The molecule has 2 aromatic carbocycles. The molecule has 0 bridgehead atoms. The molecule has 3 heteroatoms. The van der Waals surface area contributed by atoms with Gasteiger partial charge in [-0.15, -0.1) is 12.4 Å². The van der Waals surface area contributed by atoms with Crippen LogP contribution >= 0.6 is 12.4 Å². The molecule has 0 aromatic heterocycles. The van der Waals surface area contributed by atoms with Gasteiger partial charge in [0.1, 0.15) is 5.75 Å². The van der Waals surface area contributed by atoms with E-state index >= 15 is 0 Å². The van der Waals surface area contributed by atoms with Gasteiger partial charge in [-0.05, 0) is 80.7 Å². The molecule has 0 atom stereocenters. The highest BCUT2D eigenvalue weighted by Crippen LogP contribution is 2.33. The zero-order valence-corrected chi connectivity index (χ0v) is 15.7. The predicted octanol–water partition coefficient (Wildman–Crippen LogP) is 5.45. The average Bonchev–Trinajstić information content (AvgIpc) is 2.64. The molecule has 0 unspecified atom stereocenters. The average molecular weight is 360 g/mol. The van der Waals surface area contributed by atoms with E-state index in [4.69, 9.17) is 0 Å². The molecule has 1 fully saturated rings. The lowest BCUT2D eigenvalue weighted by Crippen LogP contribution is -2.33. The minimum absolute atomic E-state index is 0. The second-order valence-electron chi connectivity index (χ2n) is 7.04. The molecular weight excluding hydrogens is 330 g/mol. The fraction of sp³-hybridized carbons (Fsp3) is 0.455. The van der Waals surface area contributed by atoms with Gasteiger partial charge in [0.05, 0.1) is 0 Å². The molecule has 0 radical (unpaired) electrons. The van der Waals surface area contributed by atoms with Gasteiger partial charge in [-0.2, -0.15) is 0 Å². The Balaban J connectivity index is 0.00000225. The number of aromatic hydroxyl groups is 1. The third-order valence-corrected chi connectivity index (χ3v) is 5.26. The summed E-state index contributed by atoms with van der Waals surface area (Å²) in [6.45, 7) is 1.14. The summed E-state index contributed by atoms with van der Waals surface area (Å²) in [5, 5.41) is 13.1. The Morgan fingerprint density at radius 1 is 0.840 bits per heavy atom. The minimum atomic E-state index is 0. The molecule has 2 N–H and O–H groups in total. The number of rotatable bonds is 7. The number of hydrogen-bond acceptors (Lipinski definition) is 2. The van der Waals surface area contributed by atoms with Crippen LogP contribution in [0.25, 0.3) is 0 Å². The van der Waals surface area contributed by atoms with Crippen molar-refractivity contribution in [2.75, 3.05) is 6.54 Å². The summed E-state index contributed by atoms with van der Waals surface area (Å²) in [4.78, 5) is 0. The van der Waals surface area contributed by atoms with Gasteiger partial charge in [-0.25, -0.2) is 0 Å². The van der Waals surface area contributed by atoms with Gasteiger partial charge in [0.15, 0.2) is 0 Å². The molecule has 0 amide bonds. The molecule has 2 aromatic rings. The highest BCUT2D eigenvalue weighted by molar-refractivity contribution is 5.85. The maximum Gasteiger partial charge on any atom is 0.115 e. The summed E-state index contributed by atoms with van der Waals surface area (Å²) < 4.78 is 0. The lowest BCUT2D eigenvalue weighted by molar-refractivity contribution is 0.341. The van der Waals surface area contributed by atoms with Crippen LogP contribution in [0.1, 0.15) is 55.6 Å². The van der Waals surface area contributed by atoms with Crippen molar-refractivity contribution in [1.29, 1.82) is 0 Å². The second-order valence-corrected chi connectivity index (χ2v) is 7.04. The van der Waals surface area contributed by atoms with Crippen LogP contribution in [0.3, 0.4) is 0 Å². The summed E-state index contributed by atoms with van der Waals surface area (Å²) in [7, 11) is 0. The van der Waals surface area contributed by atoms with Gasteiger partial charge in [-0.1, -0.05) is 42.5 Å². The third-order valence-electron chi connectivity index (χ3n) is 5.26. The van der Waals surface area contributed by atoms with E-state index in [2.05, 4.69) is 47.8 Å². The van der Waals surface area contributed by atoms with Crippen molar-refractivity contribution < 1.29 is 5.11 Å². The zero-order chi connectivity index (χ0) is 16.6. The number of halogens is 1. The summed E-state index contributed by atoms with van der Waals surface area (Å²) in [5.41, 5.74) is 2.83. The Morgan fingerprint density at radius 3 is 2.20 bits per heavy atom. The van der Waals surface area contributed by atoms with Crippen LogP contribution in [0.4, 0.5) is 0 Å². The number of nitrogens with one attached hydrogen (secondary N) is 1. The first-order valence-electron chi connectivity index (χ1n) is 9.37. The van der Waals surface area contributed by atoms with Crippen molar-refractivity contribution >= 4 is 12.4 Å². The van der Waals surface area contributed by atoms with E-state index < -0.39 is 0 Å². The van der Waals surface area contributed by atoms with E-state index in [9.17, 15) is 5.11 Å². The van der Waals surface area contributed by atoms with Crippen LogP contribution in [0.2, 0.25) is 0 Å². The number of aryl methyl sites for hydroxylation is 1. The first-order chi connectivity index (χ1) is 11.8. The van der Waals surface area contributed by atoms with Gasteiger partial charge in [0.25, 0.3) is 0 Å². The van der Waals surface area contributed by atoms with E-state index in [0.29, 0.717) is 17.7 Å². The van der Waals surface area contributed by atoms with Crippen molar-refractivity contribution in [1.82, 2.24) is 5.32 Å². The maximum atomic E-state index is 9.40. The molecule has 0 heterocycles. The Morgan fingerprint density at radius 2 is 1.52 bits per heavy atom. The molecule has 2 nitrogen and oxygen atoms in total. The smallest absolute Gasteiger partial charge is 0.115 e. The van der Waals surface area contributed by atoms with Crippen LogP contribution in [0.5, 0.6) is 5.75 Å². The minimum Gasteiger partial charge on any atom is -0.508 e. The Bertz CT molecular complexity index is 591. The topological polar surface area (TPSA) is 32.3 Å².